The summed E-state index contributed by atoms with van der Waals surface area (Å²) in [4.78, 5) is 12.2. The van der Waals surface area contributed by atoms with Crippen LogP contribution in [-0.4, -0.2) is 34.2 Å². The van der Waals surface area contributed by atoms with Crippen LogP contribution in [0.2, 0.25) is 5.02 Å². The molecule has 0 spiro atoms. The molecule has 0 aliphatic carbocycles. The molecule has 3 rings (SSSR count). The van der Waals surface area contributed by atoms with Crippen LogP contribution >= 0.6 is 11.6 Å². The highest BCUT2D eigenvalue weighted by Crippen LogP contribution is 2.23. The van der Waals surface area contributed by atoms with Crippen LogP contribution in [0.1, 0.15) is 0 Å². The summed E-state index contributed by atoms with van der Waals surface area (Å²) in [7, 11) is -3.48. The van der Waals surface area contributed by atoms with Gasteiger partial charge in [0.15, 0.2) is 0 Å². The fourth-order valence-corrected chi connectivity index (χ4v) is 2.68. The number of aromatic nitrogens is 4. The second-order valence-corrected chi connectivity index (χ2v) is 6.95. The largest absolute Gasteiger partial charge is 0.284 e. The van der Waals surface area contributed by atoms with Gasteiger partial charge in [-0.05, 0) is 18.2 Å². The molecule has 1 aromatic carbocycles. The number of rotatable bonds is 3. The fraction of sp³-hybridized carbons (Fsp3) is 0.0714. The lowest BCUT2D eigenvalue weighted by Gasteiger charge is -2.08. The van der Waals surface area contributed by atoms with Crippen LogP contribution < -0.4 is 0 Å². The molecular formula is C14H11ClN4O2S. The molecule has 0 saturated heterocycles. The van der Waals surface area contributed by atoms with E-state index >= 15 is 0 Å². The monoisotopic (exact) mass is 334 g/mol. The molecule has 0 bridgehead atoms. The molecule has 112 valence electrons. The van der Waals surface area contributed by atoms with E-state index in [0.29, 0.717) is 16.7 Å². The summed E-state index contributed by atoms with van der Waals surface area (Å²) in [5, 5.41) is 0.363. The molecule has 0 N–H and O–H groups in total. The van der Waals surface area contributed by atoms with Crippen molar-refractivity contribution in [1.82, 2.24) is 19.5 Å². The molecule has 0 aliphatic heterocycles. The van der Waals surface area contributed by atoms with Gasteiger partial charge >= 0.3 is 0 Å². The summed E-state index contributed by atoms with van der Waals surface area (Å²) in [6.45, 7) is 0. The molecule has 0 saturated carbocycles. The van der Waals surface area contributed by atoms with Gasteiger partial charge in [-0.2, -0.15) is 0 Å². The maximum absolute atomic E-state index is 11.6. The lowest BCUT2D eigenvalue weighted by atomic mass is 10.2. The molecule has 22 heavy (non-hydrogen) atoms. The normalized spacial score (nSPS) is 11.5. The van der Waals surface area contributed by atoms with Gasteiger partial charge in [0.2, 0.25) is 15.0 Å². The van der Waals surface area contributed by atoms with E-state index in [-0.39, 0.29) is 5.16 Å². The maximum Gasteiger partial charge on any atom is 0.248 e. The van der Waals surface area contributed by atoms with Crippen molar-refractivity contribution in [3.05, 3.63) is 53.9 Å². The Labute approximate surface area is 132 Å². The van der Waals surface area contributed by atoms with Gasteiger partial charge in [0, 0.05) is 35.4 Å². The van der Waals surface area contributed by atoms with Gasteiger partial charge in [-0.25, -0.2) is 23.4 Å². The van der Waals surface area contributed by atoms with E-state index in [1.54, 1.807) is 35.2 Å². The molecule has 2 aromatic heterocycles. The van der Waals surface area contributed by atoms with Crippen molar-refractivity contribution in [2.75, 3.05) is 6.26 Å². The molecule has 2 heterocycles. The third-order valence-corrected chi connectivity index (χ3v) is 4.02. The summed E-state index contributed by atoms with van der Waals surface area (Å²) >= 11 is 6.00. The van der Waals surface area contributed by atoms with Crippen molar-refractivity contribution in [2.45, 2.75) is 5.16 Å². The molecular weight excluding hydrogens is 324 g/mol. The number of halogens is 1. The lowest BCUT2D eigenvalue weighted by molar-refractivity contribution is 0.592. The van der Waals surface area contributed by atoms with Crippen LogP contribution in [0.3, 0.4) is 0 Å². The van der Waals surface area contributed by atoms with E-state index in [1.165, 1.54) is 6.20 Å². The minimum Gasteiger partial charge on any atom is -0.284 e. The molecule has 0 atom stereocenters. The van der Waals surface area contributed by atoms with Gasteiger partial charge in [0.05, 0.1) is 0 Å². The highest BCUT2D eigenvalue weighted by atomic mass is 35.5. The second kappa shape index (κ2) is 5.51. The summed E-state index contributed by atoms with van der Waals surface area (Å²) in [6.07, 6.45) is 5.78. The van der Waals surface area contributed by atoms with Crippen molar-refractivity contribution in [1.29, 1.82) is 0 Å². The molecule has 0 amide bonds. The predicted molar refractivity (Wildman–Crippen MR) is 82.7 cm³/mol. The Morgan fingerprint density at radius 2 is 1.95 bits per heavy atom. The van der Waals surface area contributed by atoms with Gasteiger partial charge in [0.25, 0.3) is 0 Å². The molecule has 3 aromatic rings. The third kappa shape index (κ3) is 2.86. The zero-order valence-electron chi connectivity index (χ0n) is 11.5. The fourth-order valence-electron chi connectivity index (χ4n) is 1.97. The average molecular weight is 335 g/mol. The van der Waals surface area contributed by atoms with E-state index in [1.807, 2.05) is 12.1 Å². The molecule has 6 nitrogen and oxygen atoms in total. The first-order valence-electron chi connectivity index (χ1n) is 6.28. The maximum atomic E-state index is 11.6. The van der Waals surface area contributed by atoms with Crippen LogP contribution in [-0.2, 0) is 9.84 Å². The zero-order chi connectivity index (χ0) is 15.7. The molecule has 0 radical (unpaired) electrons. The van der Waals surface area contributed by atoms with E-state index in [4.69, 9.17) is 11.6 Å². The zero-order valence-corrected chi connectivity index (χ0v) is 13.1. The number of hydrogen-bond donors (Lipinski definition) is 0. The van der Waals surface area contributed by atoms with Crippen LogP contribution in [0.5, 0.6) is 0 Å². The van der Waals surface area contributed by atoms with Crippen molar-refractivity contribution in [3.8, 4) is 17.2 Å². The molecule has 0 fully saturated rings. The van der Waals surface area contributed by atoms with Gasteiger partial charge in [-0.15, -0.1) is 0 Å². The van der Waals surface area contributed by atoms with Gasteiger partial charge in [-0.1, -0.05) is 23.7 Å². The second-order valence-electron chi connectivity index (χ2n) is 4.60. The smallest absolute Gasteiger partial charge is 0.248 e. The quantitative estimate of drug-likeness (QED) is 0.687. The Balaban J connectivity index is 2.14. The molecule has 0 aliphatic rings. The SMILES string of the molecule is CS(=O)(=O)c1nccc(-n2ccnc2-c2cccc(Cl)c2)n1. The van der Waals surface area contributed by atoms with Crippen LogP contribution in [0.15, 0.2) is 54.1 Å². The number of hydrogen-bond acceptors (Lipinski definition) is 5. The van der Waals surface area contributed by atoms with Crippen molar-refractivity contribution < 1.29 is 8.42 Å². The Bertz CT molecular complexity index is 937. The topological polar surface area (TPSA) is 77.7 Å². The molecule has 8 heteroatoms. The predicted octanol–water partition coefficient (Wildman–Crippen LogP) is 2.39. The summed E-state index contributed by atoms with van der Waals surface area (Å²) in [5.41, 5.74) is 0.803. The van der Waals surface area contributed by atoms with E-state index < -0.39 is 9.84 Å². The first-order chi connectivity index (χ1) is 10.4. The minimum atomic E-state index is -3.48. The average Bonchev–Trinajstić information content (AvgIpc) is 2.96. The Morgan fingerprint density at radius 3 is 2.68 bits per heavy atom. The Morgan fingerprint density at radius 1 is 1.14 bits per heavy atom. The van der Waals surface area contributed by atoms with E-state index in [0.717, 1.165) is 11.8 Å². The van der Waals surface area contributed by atoms with Gasteiger partial charge in [0.1, 0.15) is 11.6 Å². The van der Waals surface area contributed by atoms with Crippen molar-refractivity contribution in [3.63, 3.8) is 0 Å². The number of sulfone groups is 1. The Hall–Kier alpha value is -2.25. The van der Waals surface area contributed by atoms with Gasteiger partial charge < -0.3 is 0 Å². The van der Waals surface area contributed by atoms with E-state index in [9.17, 15) is 8.42 Å². The summed E-state index contributed by atoms with van der Waals surface area (Å²) < 4.78 is 24.9. The van der Waals surface area contributed by atoms with Crippen molar-refractivity contribution >= 4 is 21.4 Å². The van der Waals surface area contributed by atoms with Gasteiger partial charge in [-0.3, -0.25) is 4.57 Å². The van der Waals surface area contributed by atoms with E-state index in [2.05, 4.69) is 15.0 Å². The van der Waals surface area contributed by atoms with Crippen LogP contribution in [0.25, 0.3) is 17.2 Å². The first kappa shape index (κ1) is 14.7. The highest BCUT2D eigenvalue weighted by molar-refractivity contribution is 7.90. The lowest BCUT2D eigenvalue weighted by Crippen LogP contribution is -2.07. The number of benzene rings is 1. The van der Waals surface area contributed by atoms with Crippen LogP contribution in [0, 0.1) is 0 Å². The third-order valence-electron chi connectivity index (χ3n) is 2.92. The summed E-state index contributed by atoms with van der Waals surface area (Å²) in [5.74, 6) is 1.03. The Kier molecular flexibility index (Phi) is 3.67. The first-order valence-corrected chi connectivity index (χ1v) is 8.55. The minimum absolute atomic E-state index is 0.226. The standard InChI is InChI=1S/C14H11ClN4O2S/c1-22(20,21)14-17-6-5-12(18-14)19-8-7-16-13(19)10-3-2-4-11(15)9-10/h2-9H,1H3. The van der Waals surface area contributed by atoms with Crippen molar-refractivity contribution in [2.24, 2.45) is 0 Å². The summed E-state index contributed by atoms with van der Waals surface area (Å²) in [6, 6.07) is 8.84. The molecule has 0 unspecified atom stereocenters. The number of nitrogens with zero attached hydrogens (tertiary/aromatic N) is 4. The van der Waals surface area contributed by atoms with Crippen LogP contribution in [0.4, 0.5) is 0 Å². The highest BCUT2D eigenvalue weighted by Gasteiger charge is 2.14. The number of imidazole rings is 1.